The molecule has 1 spiro atoms. The third-order valence-electron chi connectivity index (χ3n) is 5.07. The van der Waals surface area contributed by atoms with E-state index in [1.807, 2.05) is 49.5 Å². The van der Waals surface area contributed by atoms with Crippen LogP contribution in [-0.4, -0.2) is 32.8 Å². The van der Waals surface area contributed by atoms with Gasteiger partial charge in [-0.1, -0.05) is 40.2 Å². The van der Waals surface area contributed by atoms with Gasteiger partial charge in [-0.3, -0.25) is 4.79 Å². The van der Waals surface area contributed by atoms with E-state index in [0.29, 0.717) is 6.61 Å². The Morgan fingerprint density at radius 1 is 1.08 bits per heavy atom. The smallest absolute Gasteiger partial charge is 0.245 e. The van der Waals surface area contributed by atoms with Gasteiger partial charge in [-0.2, -0.15) is 0 Å². The number of fused-ring (bicyclic) bond motifs is 4. The van der Waals surface area contributed by atoms with Gasteiger partial charge < -0.3 is 14.4 Å². The number of carbonyl (C=O) groups is 1. The maximum absolute atomic E-state index is 12.9. The molecule has 0 aliphatic carbocycles. The first kappa shape index (κ1) is 16.6. The molecule has 5 heteroatoms. The highest BCUT2D eigenvalue weighted by Crippen LogP contribution is 2.52. The van der Waals surface area contributed by atoms with Crippen molar-refractivity contribution in [3.8, 4) is 5.75 Å². The summed E-state index contributed by atoms with van der Waals surface area (Å²) in [5.41, 5.74) is 2.29. The molecule has 3 aliphatic heterocycles. The fourth-order valence-corrected chi connectivity index (χ4v) is 4.12. The molecule has 0 N–H and O–H groups in total. The van der Waals surface area contributed by atoms with Crippen molar-refractivity contribution in [2.24, 2.45) is 0 Å². The zero-order valence-corrected chi connectivity index (χ0v) is 15.7. The summed E-state index contributed by atoms with van der Waals surface area (Å²) >= 11 is 3.45. The lowest BCUT2D eigenvalue weighted by Crippen LogP contribution is -2.40. The number of hydrogen-bond donors (Lipinski definition) is 0. The second kappa shape index (κ2) is 6.46. The number of benzene rings is 2. The minimum Gasteiger partial charge on any atom is -0.491 e. The normalized spacial score (nSPS) is 23.1. The predicted octanol–water partition coefficient (Wildman–Crippen LogP) is 3.90. The first-order chi connectivity index (χ1) is 12.1. The highest BCUT2D eigenvalue weighted by atomic mass is 79.9. The highest BCUT2D eigenvalue weighted by Gasteiger charge is 2.55. The molecule has 1 saturated heterocycles. The lowest BCUT2D eigenvalue weighted by molar-refractivity contribution is -0.121. The number of rotatable bonds is 0. The highest BCUT2D eigenvalue weighted by molar-refractivity contribution is 9.10. The van der Waals surface area contributed by atoms with Gasteiger partial charge in [0, 0.05) is 36.0 Å². The predicted molar refractivity (Wildman–Crippen MR) is 100 cm³/mol. The molecular formula is C20H20BrNO3. The van der Waals surface area contributed by atoms with Crippen molar-refractivity contribution in [1.29, 1.82) is 0 Å². The van der Waals surface area contributed by atoms with E-state index in [4.69, 9.17) is 9.47 Å². The molecule has 3 heterocycles. The van der Waals surface area contributed by atoms with Crippen LogP contribution in [0.5, 0.6) is 5.75 Å². The fraction of sp³-hybridized carbons (Fsp3) is 0.350. The molecule has 130 valence electrons. The molecule has 1 unspecified atom stereocenters. The summed E-state index contributed by atoms with van der Waals surface area (Å²) in [6.45, 7) is 2.37. The number of nitrogens with zero attached hydrogens (tertiary/aromatic N) is 1. The van der Waals surface area contributed by atoms with Gasteiger partial charge in [-0.15, -0.1) is 0 Å². The minimum absolute atomic E-state index is 0.0831. The maximum Gasteiger partial charge on any atom is 0.245 e. The van der Waals surface area contributed by atoms with Crippen LogP contribution in [0.4, 0.5) is 5.69 Å². The van der Waals surface area contributed by atoms with Crippen LogP contribution >= 0.6 is 15.9 Å². The van der Waals surface area contributed by atoms with E-state index in [9.17, 15) is 4.79 Å². The number of halogens is 1. The molecular weight excluding hydrogens is 382 g/mol. The lowest BCUT2D eigenvalue weighted by atomic mass is 9.77. The summed E-state index contributed by atoms with van der Waals surface area (Å²) in [4.78, 5) is 14.6. The van der Waals surface area contributed by atoms with Crippen molar-refractivity contribution >= 4 is 27.5 Å². The lowest BCUT2D eigenvalue weighted by Gasteiger charge is -2.21. The second-order valence-electron chi connectivity index (χ2n) is 6.54. The Balaban J connectivity index is 0.000000272. The summed E-state index contributed by atoms with van der Waals surface area (Å²) in [5, 5.41) is 0. The average molecular weight is 402 g/mol. The summed E-state index contributed by atoms with van der Waals surface area (Å²) in [6.07, 6.45) is 2.56. The zero-order chi connectivity index (χ0) is 17.4. The van der Waals surface area contributed by atoms with Crippen molar-refractivity contribution in [1.82, 2.24) is 0 Å². The Hall–Kier alpha value is -1.85. The minimum atomic E-state index is -0.679. The second-order valence-corrected chi connectivity index (χ2v) is 7.45. The van der Waals surface area contributed by atoms with E-state index in [0.717, 1.165) is 40.3 Å². The number of para-hydroxylation sites is 1. The molecule has 1 amide bonds. The van der Waals surface area contributed by atoms with Crippen LogP contribution in [0.1, 0.15) is 24.0 Å². The van der Waals surface area contributed by atoms with Crippen LogP contribution in [0.15, 0.2) is 46.9 Å². The molecule has 25 heavy (non-hydrogen) atoms. The summed E-state index contributed by atoms with van der Waals surface area (Å²) in [5.74, 6) is 0.873. The monoisotopic (exact) mass is 401 g/mol. The number of anilines is 1. The molecule has 1 atom stereocenters. The molecule has 4 nitrogen and oxygen atoms in total. The van der Waals surface area contributed by atoms with E-state index < -0.39 is 5.41 Å². The Kier molecular flexibility index (Phi) is 4.29. The van der Waals surface area contributed by atoms with E-state index in [1.165, 1.54) is 12.8 Å². The topological polar surface area (TPSA) is 38.8 Å². The molecule has 5 rings (SSSR count). The van der Waals surface area contributed by atoms with E-state index in [1.54, 1.807) is 4.90 Å². The van der Waals surface area contributed by atoms with E-state index in [-0.39, 0.29) is 5.91 Å². The third kappa shape index (κ3) is 2.57. The fourth-order valence-electron chi connectivity index (χ4n) is 3.78. The molecule has 0 aromatic heterocycles. The number of carbonyl (C=O) groups excluding carboxylic acids is 1. The van der Waals surface area contributed by atoms with Crippen LogP contribution in [0.2, 0.25) is 0 Å². The Bertz CT molecular complexity index is 811. The van der Waals surface area contributed by atoms with Gasteiger partial charge in [-0.25, -0.2) is 0 Å². The average Bonchev–Trinajstić information content (AvgIpc) is 3.35. The van der Waals surface area contributed by atoms with Gasteiger partial charge in [0.15, 0.2) is 0 Å². The Morgan fingerprint density at radius 2 is 1.84 bits per heavy atom. The van der Waals surface area contributed by atoms with Crippen LogP contribution in [0, 0.1) is 0 Å². The number of hydrogen-bond acceptors (Lipinski definition) is 3. The van der Waals surface area contributed by atoms with Gasteiger partial charge in [0.25, 0.3) is 0 Å². The third-order valence-corrected chi connectivity index (χ3v) is 5.56. The van der Waals surface area contributed by atoms with Gasteiger partial charge in [0.1, 0.15) is 17.8 Å². The van der Waals surface area contributed by atoms with Gasteiger partial charge in [0.2, 0.25) is 5.91 Å². The quantitative estimate of drug-likeness (QED) is 0.671. The molecule has 0 saturated carbocycles. The van der Waals surface area contributed by atoms with Gasteiger partial charge >= 0.3 is 0 Å². The van der Waals surface area contributed by atoms with Crippen LogP contribution < -0.4 is 9.64 Å². The Morgan fingerprint density at radius 3 is 2.56 bits per heavy atom. The first-order valence-corrected chi connectivity index (χ1v) is 9.32. The number of amides is 1. The standard InChI is InChI=1S/C16H12BrNO2.C4H8O/c1-18-13-5-3-2-4-11(13)16(15(18)19)9-20-14-8-10(17)6-7-12(14)16;1-2-4-5-3-1/h2-8H,9H2,1H3;1-4H2. The zero-order valence-electron chi connectivity index (χ0n) is 14.1. The molecule has 0 radical (unpaired) electrons. The van der Waals surface area contributed by atoms with Crippen molar-refractivity contribution in [3.05, 3.63) is 58.1 Å². The largest absolute Gasteiger partial charge is 0.491 e. The van der Waals surface area contributed by atoms with Crippen LogP contribution in [0.25, 0.3) is 0 Å². The molecule has 0 bridgehead atoms. The van der Waals surface area contributed by atoms with Crippen molar-refractivity contribution in [2.45, 2.75) is 18.3 Å². The van der Waals surface area contributed by atoms with E-state index >= 15 is 0 Å². The maximum atomic E-state index is 12.9. The number of ether oxygens (including phenoxy) is 2. The summed E-state index contributed by atoms with van der Waals surface area (Å²) in [7, 11) is 1.83. The first-order valence-electron chi connectivity index (χ1n) is 8.53. The Labute approximate surface area is 155 Å². The summed E-state index contributed by atoms with van der Waals surface area (Å²) < 4.78 is 11.7. The van der Waals surface area contributed by atoms with Gasteiger partial charge in [0.05, 0.1) is 0 Å². The molecule has 3 aliphatic rings. The van der Waals surface area contributed by atoms with Gasteiger partial charge in [-0.05, 0) is 36.6 Å². The van der Waals surface area contributed by atoms with Crippen LogP contribution in [-0.2, 0) is 14.9 Å². The number of likely N-dealkylation sites (N-methyl/N-ethyl adjacent to an activating group) is 1. The van der Waals surface area contributed by atoms with Crippen LogP contribution in [0.3, 0.4) is 0 Å². The summed E-state index contributed by atoms with van der Waals surface area (Å²) in [6, 6.07) is 13.8. The molecule has 2 aromatic carbocycles. The van der Waals surface area contributed by atoms with Crippen molar-refractivity contribution in [3.63, 3.8) is 0 Å². The van der Waals surface area contributed by atoms with Crippen molar-refractivity contribution in [2.75, 3.05) is 31.8 Å². The SMILES string of the molecule is C1CCOC1.CN1C(=O)C2(COc3cc(Br)ccc32)c2ccccc21. The molecule has 1 fully saturated rings. The molecule has 2 aromatic rings. The van der Waals surface area contributed by atoms with Crippen molar-refractivity contribution < 1.29 is 14.3 Å². The van der Waals surface area contributed by atoms with E-state index in [2.05, 4.69) is 15.9 Å².